The van der Waals surface area contributed by atoms with Gasteiger partial charge in [-0.1, -0.05) is 35.3 Å². The van der Waals surface area contributed by atoms with Gasteiger partial charge in [0.15, 0.2) is 0 Å². The van der Waals surface area contributed by atoms with Gasteiger partial charge >= 0.3 is 0 Å². The summed E-state index contributed by atoms with van der Waals surface area (Å²) in [7, 11) is -3.89. The largest absolute Gasteiger partial charge is 0.291 e. The van der Waals surface area contributed by atoms with Crippen LogP contribution in [0.1, 0.15) is 0 Å². The van der Waals surface area contributed by atoms with Gasteiger partial charge in [-0.2, -0.15) is 0 Å². The lowest BCUT2D eigenvalue weighted by Gasteiger charge is -2.10. The van der Waals surface area contributed by atoms with Crippen LogP contribution in [0.3, 0.4) is 0 Å². The van der Waals surface area contributed by atoms with Crippen LogP contribution in [-0.4, -0.2) is 22.8 Å². The number of halogens is 2. The Kier molecular flexibility index (Phi) is 4.51. The average Bonchev–Trinajstić information content (AvgIpc) is 3.08. The van der Waals surface area contributed by atoms with E-state index in [-0.39, 0.29) is 14.9 Å². The fourth-order valence-corrected chi connectivity index (χ4v) is 4.42. The summed E-state index contributed by atoms with van der Waals surface area (Å²) in [6, 6.07) is 13.0. The third-order valence-corrected chi connectivity index (χ3v) is 5.93. The van der Waals surface area contributed by atoms with Crippen molar-refractivity contribution in [2.45, 2.75) is 4.90 Å². The maximum absolute atomic E-state index is 12.7. The van der Waals surface area contributed by atoms with Gasteiger partial charge in [0.1, 0.15) is 4.90 Å². The van der Waals surface area contributed by atoms with E-state index in [0.717, 1.165) is 5.56 Å². The number of anilines is 1. The summed E-state index contributed by atoms with van der Waals surface area (Å²) in [6.07, 6.45) is 5.32. The molecule has 4 rings (SSSR count). The molecule has 2 aromatic heterocycles. The molecule has 0 bridgehead atoms. The van der Waals surface area contributed by atoms with Crippen LogP contribution in [0.5, 0.6) is 0 Å². The Balaban J connectivity index is 1.69. The topological polar surface area (TPSA) is 76.4 Å². The van der Waals surface area contributed by atoms with Crippen molar-refractivity contribution in [2.75, 3.05) is 4.72 Å². The molecule has 4 aromatic rings. The third-order valence-electron chi connectivity index (χ3n) is 3.83. The van der Waals surface area contributed by atoms with Crippen molar-refractivity contribution in [1.29, 1.82) is 0 Å². The highest BCUT2D eigenvalue weighted by Crippen LogP contribution is 2.28. The highest BCUT2D eigenvalue weighted by Gasteiger charge is 2.19. The zero-order valence-electron chi connectivity index (χ0n) is 13.7. The molecule has 0 fully saturated rings. The molecule has 0 aliphatic heterocycles. The van der Waals surface area contributed by atoms with Gasteiger partial charge < -0.3 is 0 Å². The van der Waals surface area contributed by atoms with Crippen LogP contribution in [0.2, 0.25) is 10.0 Å². The second kappa shape index (κ2) is 6.84. The summed E-state index contributed by atoms with van der Waals surface area (Å²) in [5, 5.41) is 0.375. The molecular formula is C18H12Cl2N4O2S. The fraction of sp³-hybridized carbons (Fsp3) is 0. The Bertz CT molecular complexity index is 1220. The summed E-state index contributed by atoms with van der Waals surface area (Å²) in [5.41, 5.74) is 1.81. The molecule has 2 aromatic carbocycles. The minimum absolute atomic E-state index is 0.0843. The van der Waals surface area contributed by atoms with Crippen LogP contribution in [0.15, 0.2) is 72.0 Å². The SMILES string of the molecule is O=S(=O)(Nc1cccc(-c2cn3cccnc3n2)c1)c1cc(Cl)ccc1Cl. The zero-order valence-corrected chi connectivity index (χ0v) is 16.0. The molecule has 0 amide bonds. The van der Waals surface area contributed by atoms with Gasteiger partial charge in [0.05, 0.1) is 10.7 Å². The van der Waals surface area contributed by atoms with E-state index in [9.17, 15) is 8.42 Å². The Labute approximate surface area is 165 Å². The molecule has 2 heterocycles. The van der Waals surface area contributed by atoms with E-state index in [0.29, 0.717) is 17.2 Å². The first-order valence-electron chi connectivity index (χ1n) is 7.80. The number of aromatic nitrogens is 3. The van der Waals surface area contributed by atoms with E-state index in [1.807, 2.05) is 18.5 Å². The van der Waals surface area contributed by atoms with Gasteiger partial charge in [-0.05, 0) is 36.4 Å². The van der Waals surface area contributed by atoms with Gasteiger partial charge in [0, 0.05) is 34.9 Å². The second-order valence-corrected chi connectivity index (χ2v) is 8.21. The number of hydrogen-bond acceptors (Lipinski definition) is 4. The predicted octanol–water partition coefficient (Wildman–Crippen LogP) is 4.50. The van der Waals surface area contributed by atoms with Gasteiger partial charge in [-0.25, -0.2) is 18.4 Å². The van der Waals surface area contributed by atoms with Crippen molar-refractivity contribution < 1.29 is 8.42 Å². The molecule has 0 aliphatic carbocycles. The monoisotopic (exact) mass is 418 g/mol. The Morgan fingerprint density at radius 1 is 1.04 bits per heavy atom. The minimum atomic E-state index is -3.89. The van der Waals surface area contributed by atoms with Crippen LogP contribution in [0.25, 0.3) is 17.0 Å². The zero-order chi connectivity index (χ0) is 19.0. The fourth-order valence-electron chi connectivity index (χ4n) is 2.60. The first kappa shape index (κ1) is 17.8. The molecular weight excluding hydrogens is 407 g/mol. The van der Waals surface area contributed by atoms with E-state index >= 15 is 0 Å². The summed E-state index contributed by atoms with van der Waals surface area (Å²) < 4.78 is 29.7. The lowest BCUT2D eigenvalue weighted by Crippen LogP contribution is -2.13. The third kappa shape index (κ3) is 3.62. The molecule has 0 saturated carbocycles. The standard InChI is InChI=1S/C18H12Cl2N4O2S/c19-13-5-6-15(20)17(10-13)27(25,26)23-14-4-1-3-12(9-14)16-11-24-8-2-7-21-18(24)22-16/h1-11,23H. The number of imidazole rings is 1. The van der Waals surface area contributed by atoms with Crippen LogP contribution < -0.4 is 4.72 Å². The molecule has 0 spiro atoms. The maximum atomic E-state index is 12.7. The molecule has 0 atom stereocenters. The van der Waals surface area contributed by atoms with Crippen molar-refractivity contribution >= 4 is 44.7 Å². The van der Waals surface area contributed by atoms with Crippen molar-refractivity contribution in [3.05, 3.63) is 77.2 Å². The molecule has 9 heteroatoms. The Morgan fingerprint density at radius 2 is 1.89 bits per heavy atom. The van der Waals surface area contributed by atoms with E-state index in [1.54, 1.807) is 34.9 Å². The highest BCUT2D eigenvalue weighted by molar-refractivity contribution is 7.92. The van der Waals surface area contributed by atoms with E-state index in [2.05, 4.69) is 14.7 Å². The van der Waals surface area contributed by atoms with Gasteiger partial charge in [0.25, 0.3) is 10.0 Å². The summed E-state index contributed by atoms with van der Waals surface area (Å²) in [4.78, 5) is 8.54. The van der Waals surface area contributed by atoms with E-state index < -0.39 is 10.0 Å². The van der Waals surface area contributed by atoms with E-state index in [4.69, 9.17) is 23.2 Å². The quantitative estimate of drug-likeness (QED) is 0.528. The van der Waals surface area contributed by atoms with Crippen LogP contribution in [-0.2, 0) is 10.0 Å². The van der Waals surface area contributed by atoms with Gasteiger partial charge in [-0.3, -0.25) is 9.12 Å². The predicted molar refractivity (Wildman–Crippen MR) is 106 cm³/mol. The average molecular weight is 419 g/mol. The van der Waals surface area contributed by atoms with Crippen molar-refractivity contribution in [3.63, 3.8) is 0 Å². The first-order chi connectivity index (χ1) is 12.9. The van der Waals surface area contributed by atoms with Crippen LogP contribution in [0.4, 0.5) is 5.69 Å². The molecule has 0 unspecified atom stereocenters. The molecule has 6 nitrogen and oxygen atoms in total. The lowest BCUT2D eigenvalue weighted by atomic mass is 10.1. The Morgan fingerprint density at radius 3 is 2.70 bits per heavy atom. The molecule has 0 aliphatic rings. The highest BCUT2D eigenvalue weighted by atomic mass is 35.5. The first-order valence-corrected chi connectivity index (χ1v) is 10.0. The summed E-state index contributed by atoms with van der Waals surface area (Å²) in [6.45, 7) is 0. The normalized spacial score (nSPS) is 11.6. The number of benzene rings is 2. The Hall–Kier alpha value is -2.61. The van der Waals surface area contributed by atoms with Crippen molar-refractivity contribution in [2.24, 2.45) is 0 Å². The number of rotatable bonds is 4. The minimum Gasteiger partial charge on any atom is -0.291 e. The second-order valence-electron chi connectivity index (χ2n) is 5.71. The number of nitrogens with zero attached hydrogens (tertiary/aromatic N) is 3. The maximum Gasteiger partial charge on any atom is 0.263 e. The van der Waals surface area contributed by atoms with Crippen molar-refractivity contribution in [1.82, 2.24) is 14.4 Å². The molecule has 0 saturated heterocycles. The molecule has 0 radical (unpaired) electrons. The van der Waals surface area contributed by atoms with E-state index in [1.165, 1.54) is 18.2 Å². The summed E-state index contributed by atoms with van der Waals surface area (Å²) >= 11 is 11.9. The van der Waals surface area contributed by atoms with Crippen LogP contribution >= 0.6 is 23.2 Å². The number of hydrogen-bond donors (Lipinski definition) is 1. The number of sulfonamides is 1. The number of nitrogens with one attached hydrogen (secondary N) is 1. The summed E-state index contributed by atoms with van der Waals surface area (Å²) in [5.74, 6) is 0.559. The number of fused-ring (bicyclic) bond motifs is 1. The van der Waals surface area contributed by atoms with Crippen LogP contribution in [0, 0.1) is 0 Å². The molecule has 136 valence electrons. The van der Waals surface area contributed by atoms with Crippen molar-refractivity contribution in [3.8, 4) is 11.3 Å². The van der Waals surface area contributed by atoms with Gasteiger partial charge in [-0.15, -0.1) is 0 Å². The van der Waals surface area contributed by atoms with Gasteiger partial charge in [0.2, 0.25) is 5.78 Å². The lowest BCUT2D eigenvalue weighted by molar-refractivity contribution is 0.601. The molecule has 27 heavy (non-hydrogen) atoms. The smallest absolute Gasteiger partial charge is 0.263 e. The molecule has 1 N–H and O–H groups in total.